The summed E-state index contributed by atoms with van der Waals surface area (Å²) in [4.78, 5) is 38.6. The Hall–Kier alpha value is -4.02. The molecule has 1 aliphatic heterocycles. The standard InChI is InChI=1S/C30H33N3O6S/c1-20-10-16-24(17-11-20)40(37,38)33-18-6-9-27(33)29(35)32-26(30(36)39-3)19-22-12-14-23(15-13-22)31-28(34)25-8-5-4-7-21(25)2/h4-5,7-8,10-17,26-27H,6,9,18-19H2,1-3H3,(H,31,34)(H,32,35)/t26-,27-/m0/s1. The molecule has 2 atom stereocenters. The topological polar surface area (TPSA) is 122 Å². The first-order chi connectivity index (χ1) is 19.1. The molecule has 4 rings (SSSR count). The van der Waals surface area contributed by atoms with E-state index in [1.165, 1.54) is 23.5 Å². The molecule has 2 amide bonds. The van der Waals surface area contributed by atoms with Gasteiger partial charge in [0.15, 0.2) is 0 Å². The van der Waals surface area contributed by atoms with Crippen LogP contribution in [-0.4, -0.2) is 56.2 Å². The average molecular weight is 564 g/mol. The summed E-state index contributed by atoms with van der Waals surface area (Å²) in [6.45, 7) is 3.94. The molecule has 40 heavy (non-hydrogen) atoms. The van der Waals surface area contributed by atoms with E-state index in [-0.39, 0.29) is 23.8 Å². The van der Waals surface area contributed by atoms with Crippen molar-refractivity contribution in [3.8, 4) is 0 Å². The van der Waals surface area contributed by atoms with Gasteiger partial charge in [-0.1, -0.05) is 48.0 Å². The molecule has 0 saturated carbocycles. The van der Waals surface area contributed by atoms with E-state index >= 15 is 0 Å². The lowest BCUT2D eigenvalue weighted by Crippen LogP contribution is -2.51. The predicted octanol–water partition coefficient (Wildman–Crippen LogP) is 3.61. The van der Waals surface area contributed by atoms with E-state index < -0.39 is 34.0 Å². The molecule has 0 aliphatic carbocycles. The molecule has 0 unspecified atom stereocenters. The summed E-state index contributed by atoms with van der Waals surface area (Å²) in [5.41, 5.74) is 3.67. The third-order valence-corrected chi connectivity index (χ3v) is 8.90. The van der Waals surface area contributed by atoms with Crippen molar-refractivity contribution < 1.29 is 27.5 Å². The van der Waals surface area contributed by atoms with E-state index in [9.17, 15) is 22.8 Å². The Morgan fingerprint density at radius 2 is 1.65 bits per heavy atom. The number of carbonyl (C=O) groups excluding carboxylic acids is 3. The number of ether oxygens (including phenoxy) is 1. The number of methoxy groups -OCH3 is 1. The Morgan fingerprint density at radius 3 is 2.30 bits per heavy atom. The van der Waals surface area contributed by atoms with Crippen LogP contribution in [0.2, 0.25) is 0 Å². The van der Waals surface area contributed by atoms with Gasteiger partial charge in [0.2, 0.25) is 15.9 Å². The van der Waals surface area contributed by atoms with Crippen LogP contribution in [0, 0.1) is 13.8 Å². The second-order valence-electron chi connectivity index (χ2n) is 9.84. The van der Waals surface area contributed by atoms with E-state index in [2.05, 4.69) is 10.6 Å². The maximum atomic E-state index is 13.3. The lowest BCUT2D eigenvalue weighted by Gasteiger charge is -2.25. The molecular weight excluding hydrogens is 530 g/mol. The van der Waals surface area contributed by atoms with Gasteiger partial charge in [-0.2, -0.15) is 4.31 Å². The Bertz CT molecular complexity index is 1490. The summed E-state index contributed by atoms with van der Waals surface area (Å²) in [5.74, 6) is -1.42. The zero-order chi connectivity index (χ0) is 28.9. The molecule has 210 valence electrons. The minimum Gasteiger partial charge on any atom is -0.467 e. The van der Waals surface area contributed by atoms with E-state index in [1.54, 1.807) is 48.5 Å². The Labute approximate surface area is 234 Å². The molecule has 0 bridgehead atoms. The van der Waals surface area contributed by atoms with Crippen molar-refractivity contribution in [1.29, 1.82) is 0 Å². The molecule has 9 nitrogen and oxygen atoms in total. The first kappa shape index (κ1) is 29.0. The number of aryl methyl sites for hydroxylation is 2. The molecule has 1 aliphatic rings. The van der Waals surface area contributed by atoms with E-state index in [1.807, 2.05) is 26.0 Å². The first-order valence-electron chi connectivity index (χ1n) is 13.0. The van der Waals surface area contributed by atoms with Crippen LogP contribution in [0.1, 0.15) is 39.9 Å². The average Bonchev–Trinajstić information content (AvgIpc) is 3.45. The van der Waals surface area contributed by atoms with Gasteiger partial charge in [0.05, 0.1) is 12.0 Å². The highest BCUT2D eigenvalue weighted by Gasteiger charge is 2.40. The van der Waals surface area contributed by atoms with E-state index in [0.29, 0.717) is 24.1 Å². The van der Waals surface area contributed by atoms with Crippen molar-refractivity contribution in [2.45, 2.75) is 50.1 Å². The van der Waals surface area contributed by atoms with Crippen molar-refractivity contribution in [2.24, 2.45) is 0 Å². The summed E-state index contributed by atoms with van der Waals surface area (Å²) in [5, 5.41) is 5.56. The molecule has 10 heteroatoms. The lowest BCUT2D eigenvalue weighted by atomic mass is 10.0. The zero-order valence-electron chi connectivity index (χ0n) is 22.7. The van der Waals surface area contributed by atoms with Crippen LogP contribution in [-0.2, 0) is 30.8 Å². The Balaban J connectivity index is 1.44. The fourth-order valence-corrected chi connectivity index (χ4v) is 6.38. The maximum absolute atomic E-state index is 13.3. The molecule has 0 aromatic heterocycles. The van der Waals surface area contributed by atoms with E-state index in [0.717, 1.165) is 16.7 Å². The van der Waals surface area contributed by atoms with Crippen LogP contribution in [0.4, 0.5) is 5.69 Å². The number of rotatable bonds is 9. The number of hydrogen-bond donors (Lipinski definition) is 2. The summed E-state index contributed by atoms with van der Waals surface area (Å²) in [6, 6.07) is 18.7. The largest absolute Gasteiger partial charge is 0.467 e. The molecular formula is C30H33N3O6S. The van der Waals surface area contributed by atoms with Gasteiger partial charge in [-0.15, -0.1) is 0 Å². The quantitative estimate of drug-likeness (QED) is 0.384. The molecule has 3 aromatic rings. The van der Waals surface area contributed by atoms with Gasteiger partial charge in [0, 0.05) is 24.2 Å². The smallest absolute Gasteiger partial charge is 0.328 e. The van der Waals surface area contributed by atoms with Gasteiger partial charge < -0.3 is 15.4 Å². The van der Waals surface area contributed by atoms with Gasteiger partial charge in [-0.25, -0.2) is 13.2 Å². The number of anilines is 1. The van der Waals surface area contributed by atoms with Crippen LogP contribution >= 0.6 is 0 Å². The van der Waals surface area contributed by atoms with Crippen LogP contribution < -0.4 is 10.6 Å². The van der Waals surface area contributed by atoms with Crippen molar-refractivity contribution in [1.82, 2.24) is 9.62 Å². The maximum Gasteiger partial charge on any atom is 0.328 e. The molecule has 0 radical (unpaired) electrons. The number of sulfonamides is 1. The summed E-state index contributed by atoms with van der Waals surface area (Å²) < 4.78 is 32.7. The normalized spacial score (nSPS) is 16.2. The monoisotopic (exact) mass is 563 g/mol. The van der Waals surface area contributed by atoms with Crippen LogP contribution in [0.5, 0.6) is 0 Å². The summed E-state index contributed by atoms with van der Waals surface area (Å²) in [7, 11) is -2.65. The third kappa shape index (κ3) is 6.57. The predicted molar refractivity (Wildman–Crippen MR) is 151 cm³/mol. The Kier molecular flexibility index (Phi) is 9.01. The number of benzene rings is 3. The van der Waals surface area contributed by atoms with Gasteiger partial charge in [0.1, 0.15) is 12.1 Å². The number of hydrogen-bond acceptors (Lipinski definition) is 6. The minimum atomic E-state index is -3.89. The molecule has 1 saturated heterocycles. The van der Waals surface area contributed by atoms with Crippen molar-refractivity contribution >= 4 is 33.5 Å². The highest BCUT2D eigenvalue weighted by atomic mass is 32.2. The van der Waals surface area contributed by atoms with E-state index in [4.69, 9.17) is 4.74 Å². The molecule has 2 N–H and O–H groups in total. The molecule has 1 fully saturated rings. The number of nitrogens with zero attached hydrogens (tertiary/aromatic N) is 1. The van der Waals surface area contributed by atoms with Gasteiger partial charge >= 0.3 is 5.97 Å². The first-order valence-corrected chi connectivity index (χ1v) is 14.5. The summed E-state index contributed by atoms with van der Waals surface area (Å²) in [6.07, 6.45) is 1.00. The Morgan fingerprint density at radius 1 is 0.975 bits per heavy atom. The second kappa shape index (κ2) is 12.4. The van der Waals surface area contributed by atoms with Crippen molar-refractivity contribution in [3.05, 3.63) is 95.1 Å². The van der Waals surface area contributed by atoms with Crippen molar-refractivity contribution in [2.75, 3.05) is 19.0 Å². The summed E-state index contributed by atoms with van der Waals surface area (Å²) >= 11 is 0. The number of carbonyl (C=O) groups is 3. The lowest BCUT2D eigenvalue weighted by molar-refractivity contribution is -0.145. The minimum absolute atomic E-state index is 0.122. The zero-order valence-corrected chi connectivity index (χ0v) is 23.5. The highest BCUT2D eigenvalue weighted by Crippen LogP contribution is 2.27. The van der Waals surface area contributed by atoms with Crippen molar-refractivity contribution in [3.63, 3.8) is 0 Å². The molecule has 0 spiro atoms. The van der Waals surface area contributed by atoms with Crippen LogP contribution in [0.25, 0.3) is 0 Å². The molecule has 1 heterocycles. The van der Waals surface area contributed by atoms with Gasteiger partial charge in [-0.3, -0.25) is 9.59 Å². The van der Waals surface area contributed by atoms with Gasteiger partial charge in [0.25, 0.3) is 5.91 Å². The fraction of sp³-hybridized carbons (Fsp3) is 0.300. The third-order valence-electron chi connectivity index (χ3n) is 6.98. The number of nitrogens with one attached hydrogen (secondary N) is 2. The number of amides is 2. The number of esters is 1. The van der Waals surface area contributed by atoms with Crippen LogP contribution in [0.3, 0.4) is 0 Å². The highest BCUT2D eigenvalue weighted by molar-refractivity contribution is 7.89. The van der Waals surface area contributed by atoms with Gasteiger partial charge in [-0.05, 0) is 68.1 Å². The van der Waals surface area contributed by atoms with Crippen LogP contribution in [0.15, 0.2) is 77.7 Å². The second-order valence-corrected chi connectivity index (χ2v) is 11.7. The fourth-order valence-electron chi connectivity index (χ4n) is 4.72. The SMILES string of the molecule is COC(=O)[C@H](Cc1ccc(NC(=O)c2ccccc2C)cc1)NC(=O)[C@@H]1CCCN1S(=O)(=O)c1ccc(C)cc1. The molecule has 3 aromatic carbocycles.